The topological polar surface area (TPSA) is 75.7 Å². The first kappa shape index (κ1) is 14.6. The predicted molar refractivity (Wildman–Crippen MR) is 79.6 cm³/mol. The number of rotatable bonds is 4. The second-order valence-corrected chi connectivity index (χ2v) is 5.58. The SMILES string of the molecule is COc1ccc2c(c1)C(CCN1C(=O)CCCC1=O)C(=O)N2. The first-order chi connectivity index (χ1) is 10.6. The third-order valence-electron chi connectivity index (χ3n) is 4.23. The Morgan fingerprint density at radius 3 is 2.64 bits per heavy atom. The molecule has 0 spiro atoms. The zero-order valence-corrected chi connectivity index (χ0v) is 12.4. The van der Waals surface area contributed by atoms with Gasteiger partial charge in [-0.05, 0) is 36.6 Å². The largest absolute Gasteiger partial charge is 0.497 e. The average molecular weight is 302 g/mol. The zero-order chi connectivity index (χ0) is 15.7. The highest BCUT2D eigenvalue weighted by atomic mass is 16.5. The summed E-state index contributed by atoms with van der Waals surface area (Å²) in [6, 6.07) is 5.43. The van der Waals surface area contributed by atoms with Gasteiger partial charge in [0.1, 0.15) is 5.75 Å². The summed E-state index contributed by atoms with van der Waals surface area (Å²) in [5, 5.41) is 2.83. The molecule has 6 nitrogen and oxygen atoms in total. The van der Waals surface area contributed by atoms with Gasteiger partial charge in [0.25, 0.3) is 0 Å². The van der Waals surface area contributed by atoms with Crippen LogP contribution in [0.4, 0.5) is 5.69 Å². The maximum absolute atomic E-state index is 12.1. The number of hydrogen-bond acceptors (Lipinski definition) is 4. The Kier molecular flexibility index (Phi) is 3.83. The van der Waals surface area contributed by atoms with Crippen molar-refractivity contribution in [3.05, 3.63) is 23.8 Å². The van der Waals surface area contributed by atoms with Crippen LogP contribution < -0.4 is 10.1 Å². The molecular formula is C16H18N2O4. The molecule has 6 heteroatoms. The molecule has 1 saturated heterocycles. The van der Waals surface area contributed by atoms with Crippen LogP contribution in [0.2, 0.25) is 0 Å². The standard InChI is InChI=1S/C16H18N2O4/c1-22-10-5-6-13-12(9-10)11(16(21)17-13)7-8-18-14(19)3-2-4-15(18)20/h5-6,9,11H,2-4,7-8H2,1H3,(H,17,21). The van der Waals surface area contributed by atoms with Gasteiger partial charge < -0.3 is 10.1 Å². The van der Waals surface area contributed by atoms with Crippen LogP contribution in [0, 0.1) is 0 Å². The number of hydrogen-bond donors (Lipinski definition) is 1. The number of piperidine rings is 1. The molecule has 116 valence electrons. The molecule has 0 aromatic heterocycles. The van der Waals surface area contributed by atoms with Gasteiger partial charge in [0.2, 0.25) is 17.7 Å². The monoisotopic (exact) mass is 302 g/mol. The van der Waals surface area contributed by atoms with Crippen molar-refractivity contribution in [2.45, 2.75) is 31.6 Å². The molecule has 1 aromatic rings. The maximum atomic E-state index is 12.1. The summed E-state index contributed by atoms with van der Waals surface area (Å²) in [7, 11) is 1.58. The highest BCUT2D eigenvalue weighted by molar-refractivity contribution is 6.03. The summed E-state index contributed by atoms with van der Waals surface area (Å²) in [6.07, 6.45) is 1.88. The van der Waals surface area contributed by atoms with Crippen molar-refractivity contribution in [3.63, 3.8) is 0 Å². The number of ether oxygens (including phenoxy) is 1. The maximum Gasteiger partial charge on any atom is 0.232 e. The first-order valence-corrected chi connectivity index (χ1v) is 7.42. The van der Waals surface area contributed by atoms with Gasteiger partial charge in [-0.25, -0.2) is 0 Å². The lowest BCUT2D eigenvalue weighted by atomic mass is 9.96. The third-order valence-corrected chi connectivity index (χ3v) is 4.23. The predicted octanol–water partition coefficient (Wildman–Crippen LogP) is 1.66. The van der Waals surface area contributed by atoms with E-state index in [9.17, 15) is 14.4 Å². The first-order valence-electron chi connectivity index (χ1n) is 7.42. The van der Waals surface area contributed by atoms with Crippen LogP contribution in [-0.2, 0) is 14.4 Å². The fraction of sp³-hybridized carbons (Fsp3) is 0.438. The van der Waals surface area contributed by atoms with Crippen LogP contribution in [0.3, 0.4) is 0 Å². The number of carbonyl (C=O) groups excluding carboxylic acids is 3. The molecule has 0 aliphatic carbocycles. The minimum Gasteiger partial charge on any atom is -0.497 e. The van der Waals surface area contributed by atoms with Gasteiger partial charge in [0.15, 0.2) is 0 Å². The summed E-state index contributed by atoms with van der Waals surface area (Å²) < 4.78 is 5.19. The van der Waals surface area contributed by atoms with Crippen molar-refractivity contribution >= 4 is 23.4 Å². The second kappa shape index (κ2) is 5.79. The van der Waals surface area contributed by atoms with E-state index in [1.54, 1.807) is 13.2 Å². The van der Waals surface area contributed by atoms with Crippen molar-refractivity contribution in [2.75, 3.05) is 19.0 Å². The van der Waals surface area contributed by atoms with Crippen molar-refractivity contribution in [3.8, 4) is 5.75 Å². The van der Waals surface area contributed by atoms with Gasteiger partial charge in [0, 0.05) is 25.1 Å². The fourth-order valence-electron chi connectivity index (χ4n) is 3.03. The minimum absolute atomic E-state index is 0.0971. The Morgan fingerprint density at radius 2 is 1.95 bits per heavy atom. The fourth-order valence-corrected chi connectivity index (χ4v) is 3.03. The molecule has 2 heterocycles. The number of benzene rings is 1. The number of carbonyl (C=O) groups is 3. The Balaban J connectivity index is 1.74. The Bertz CT molecular complexity index is 625. The van der Waals surface area contributed by atoms with Crippen LogP contribution in [0.25, 0.3) is 0 Å². The lowest BCUT2D eigenvalue weighted by Crippen LogP contribution is -2.41. The van der Waals surface area contributed by atoms with E-state index in [1.807, 2.05) is 12.1 Å². The van der Waals surface area contributed by atoms with Crippen LogP contribution in [0.5, 0.6) is 5.75 Å². The molecular weight excluding hydrogens is 284 g/mol. The van der Waals surface area contributed by atoms with Gasteiger partial charge in [0.05, 0.1) is 13.0 Å². The lowest BCUT2D eigenvalue weighted by Gasteiger charge is -2.25. The number of fused-ring (bicyclic) bond motifs is 1. The third kappa shape index (κ3) is 2.56. The van der Waals surface area contributed by atoms with E-state index < -0.39 is 0 Å². The van der Waals surface area contributed by atoms with E-state index in [0.717, 1.165) is 11.3 Å². The van der Waals surface area contributed by atoms with Crippen LogP contribution in [0.1, 0.15) is 37.2 Å². The van der Waals surface area contributed by atoms with Crippen LogP contribution in [0.15, 0.2) is 18.2 Å². The molecule has 1 atom stereocenters. The van der Waals surface area contributed by atoms with E-state index in [2.05, 4.69) is 5.32 Å². The second-order valence-electron chi connectivity index (χ2n) is 5.58. The van der Waals surface area contributed by atoms with Gasteiger partial charge in [-0.1, -0.05) is 0 Å². The van der Waals surface area contributed by atoms with Crippen molar-refractivity contribution in [1.29, 1.82) is 0 Å². The summed E-state index contributed by atoms with van der Waals surface area (Å²) in [6.45, 7) is 0.284. The lowest BCUT2D eigenvalue weighted by molar-refractivity contribution is -0.148. The van der Waals surface area contributed by atoms with E-state index in [-0.39, 0.29) is 30.2 Å². The van der Waals surface area contributed by atoms with Crippen molar-refractivity contribution < 1.29 is 19.1 Å². The minimum atomic E-state index is -0.354. The quantitative estimate of drug-likeness (QED) is 0.858. The van der Waals surface area contributed by atoms with Crippen LogP contribution >= 0.6 is 0 Å². The Hall–Kier alpha value is -2.37. The summed E-state index contributed by atoms with van der Waals surface area (Å²) in [4.78, 5) is 37.1. The number of amides is 3. The number of nitrogens with zero attached hydrogens (tertiary/aromatic N) is 1. The Labute approximate surface area is 128 Å². The number of anilines is 1. The molecule has 0 radical (unpaired) electrons. The van der Waals surface area contributed by atoms with Gasteiger partial charge in [-0.15, -0.1) is 0 Å². The molecule has 1 unspecified atom stereocenters. The average Bonchev–Trinajstić information content (AvgIpc) is 2.81. The van der Waals surface area contributed by atoms with E-state index in [4.69, 9.17) is 4.74 Å². The normalized spacial score (nSPS) is 20.9. The summed E-state index contributed by atoms with van der Waals surface area (Å²) in [5.41, 5.74) is 1.63. The molecule has 22 heavy (non-hydrogen) atoms. The summed E-state index contributed by atoms with van der Waals surface area (Å²) >= 11 is 0. The number of imide groups is 1. The highest BCUT2D eigenvalue weighted by Gasteiger charge is 2.33. The number of nitrogens with one attached hydrogen (secondary N) is 1. The zero-order valence-electron chi connectivity index (χ0n) is 12.4. The molecule has 1 N–H and O–H groups in total. The van der Waals surface area contributed by atoms with Crippen molar-refractivity contribution in [1.82, 2.24) is 4.90 Å². The molecule has 2 aliphatic heterocycles. The molecule has 3 rings (SSSR count). The van der Waals surface area contributed by atoms with E-state index in [1.165, 1.54) is 4.90 Å². The van der Waals surface area contributed by atoms with Gasteiger partial charge in [-0.3, -0.25) is 19.3 Å². The number of methoxy groups -OCH3 is 1. The molecule has 1 fully saturated rings. The van der Waals surface area contributed by atoms with Crippen molar-refractivity contribution in [2.24, 2.45) is 0 Å². The molecule has 3 amide bonds. The molecule has 0 bridgehead atoms. The Morgan fingerprint density at radius 1 is 1.23 bits per heavy atom. The van der Waals surface area contributed by atoms with Crippen LogP contribution in [-0.4, -0.2) is 36.3 Å². The number of likely N-dealkylation sites (tertiary alicyclic amines) is 1. The molecule has 1 aromatic carbocycles. The van der Waals surface area contributed by atoms with E-state index >= 15 is 0 Å². The van der Waals surface area contributed by atoms with Gasteiger partial charge in [-0.2, -0.15) is 0 Å². The van der Waals surface area contributed by atoms with E-state index in [0.29, 0.717) is 31.4 Å². The summed E-state index contributed by atoms with van der Waals surface area (Å²) in [5.74, 6) is -0.0424. The molecule has 0 saturated carbocycles. The van der Waals surface area contributed by atoms with Gasteiger partial charge >= 0.3 is 0 Å². The smallest absolute Gasteiger partial charge is 0.232 e. The highest BCUT2D eigenvalue weighted by Crippen LogP contribution is 2.37. The molecule has 2 aliphatic rings.